The fourth-order valence-electron chi connectivity index (χ4n) is 1.95. The Hall–Kier alpha value is -0.810. The average Bonchev–Trinajstić information content (AvgIpc) is 2.61. The molecule has 2 unspecified atom stereocenters. The smallest absolute Gasteiger partial charge is 0.407 e. The minimum Gasteiger partial charge on any atom is -0.465 e. The Morgan fingerprint density at radius 3 is 2.92 bits per heavy atom. The van der Waals surface area contributed by atoms with Gasteiger partial charge in [0.25, 0.3) is 0 Å². The van der Waals surface area contributed by atoms with Gasteiger partial charge >= 0.3 is 6.09 Å². The second-order valence-corrected chi connectivity index (χ2v) is 3.42. The molecule has 68 valence electrons. The van der Waals surface area contributed by atoms with E-state index in [-0.39, 0.29) is 12.6 Å². The molecule has 2 rings (SSSR count). The van der Waals surface area contributed by atoms with Crippen molar-refractivity contribution in [3.8, 4) is 0 Å². The molecule has 2 aliphatic heterocycles. The molecule has 0 aromatic rings. The van der Waals surface area contributed by atoms with Gasteiger partial charge in [-0.2, -0.15) is 0 Å². The molecule has 2 atom stereocenters. The molecule has 0 aliphatic carbocycles. The van der Waals surface area contributed by atoms with Crippen molar-refractivity contribution in [1.29, 1.82) is 0 Å². The molecule has 2 heterocycles. The number of aliphatic hydroxyl groups excluding tert-OH is 1. The minimum atomic E-state index is -0.918. The van der Waals surface area contributed by atoms with Crippen LogP contribution in [0.15, 0.2) is 0 Å². The van der Waals surface area contributed by atoms with Crippen LogP contribution in [0.2, 0.25) is 0 Å². The molecule has 0 saturated carbocycles. The molecule has 0 aromatic heterocycles. The van der Waals surface area contributed by atoms with Gasteiger partial charge in [0.15, 0.2) is 0 Å². The lowest BCUT2D eigenvalue weighted by molar-refractivity contribution is -0.0679. The molecule has 0 radical (unpaired) electrons. The van der Waals surface area contributed by atoms with Crippen LogP contribution in [0.3, 0.4) is 0 Å². The van der Waals surface area contributed by atoms with Gasteiger partial charge in [-0.25, -0.2) is 4.79 Å². The maximum absolute atomic E-state index is 10.6. The van der Waals surface area contributed by atoms with Crippen molar-refractivity contribution in [2.24, 2.45) is 0 Å². The summed E-state index contributed by atoms with van der Waals surface area (Å²) in [7, 11) is 0. The highest BCUT2D eigenvalue weighted by molar-refractivity contribution is 5.66. The highest BCUT2D eigenvalue weighted by Crippen LogP contribution is 2.36. The van der Waals surface area contributed by atoms with Crippen LogP contribution in [0.5, 0.6) is 0 Å². The first-order valence-electron chi connectivity index (χ1n) is 3.91. The predicted molar refractivity (Wildman–Crippen MR) is 38.9 cm³/mol. The first-order valence-corrected chi connectivity index (χ1v) is 3.91. The number of carbonyl (C=O) groups is 1. The van der Waals surface area contributed by atoms with Crippen molar-refractivity contribution >= 4 is 6.09 Å². The van der Waals surface area contributed by atoms with E-state index >= 15 is 0 Å². The Balaban J connectivity index is 2.14. The summed E-state index contributed by atoms with van der Waals surface area (Å²) in [4.78, 5) is 12.0. The number of amides is 1. The van der Waals surface area contributed by atoms with Crippen molar-refractivity contribution in [3.63, 3.8) is 0 Å². The SMILES string of the molecule is O=C(O)N1CC2(CO)CC1CO2. The number of likely N-dealkylation sites (tertiary alicyclic amines) is 1. The first-order chi connectivity index (χ1) is 5.67. The van der Waals surface area contributed by atoms with Gasteiger partial charge in [-0.1, -0.05) is 0 Å². The largest absolute Gasteiger partial charge is 0.465 e. The van der Waals surface area contributed by atoms with Crippen molar-refractivity contribution in [2.45, 2.75) is 18.1 Å². The van der Waals surface area contributed by atoms with Gasteiger partial charge in [-0.05, 0) is 0 Å². The topological polar surface area (TPSA) is 70.0 Å². The number of carboxylic acid groups (broad SMARTS) is 1. The lowest BCUT2D eigenvalue weighted by Crippen LogP contribution is -2.46. The highest BCUT2D eigenvalue weighted by atomic mass is 16.5. The standard InChI is InChI=1S/C7H11NO4/c9-4-7-1-5(2-12-7)8(3-7)6(10)11/h5,9H,1-4H2,(H,10,11). The maximum Gasteiger partial charge on any atom is 0.407 e. The first kappa shape index (κ1) is 7.82. The van der Waals surface area contributed by atoms with Gasteiger partial charge in [0.1, 0.15) is 5.60 Å². The predicted octanol–water partition coefficient (Wildman–Crippen LogP) is -0.500. The summed E-state index contributed by atoms with van der Waals surface area (Å²) in [5.74, 6) is 0. The molecule has 0 aromatic carbocycles. The van der Waals surface area contributed by atoms with Crippen LogP contribution in [0.1, 0.15) is 6.42 Å². The Labute approximate surface area is 69.5 Å². The van der Waals surface area contributed by atoms with Gasteiger partial charge in [-0.15, -0.1) is 0 Å². The normalized spacial score (nSPS) is 39.1. The summed E-state index contributed by atoms with van der Waals surface area (Å²) in [6, 6.07) is -0.0466. The highest BCUT2D eigenvalue weighted by Gasteiger charge is 2.52. The number of rotatable bonds is 1. The zero-order chi connectivity index (χ0) is 8.77. The molecule has 2 N–H and O–H groups in total. The molecule has 2 saturated heterocycles. The monoisotopic (exact) mass is 173 g/mol. The quantitative estimate of drug-likeness (QED) is 0.560. The van der Waals surface area contributed by atoms with Crippen LogP contribution < -0.4 is 0 Å². The summed E-state index contributed by atoms with van der Waals surface area (Å²) in [6.45, 7) is 0.643. The number of morpholine rings is 1. The van der Waals surface area contributed by atoms with Gasteiger partial charge in [0, 0.05) is 6.42 Å². The van der Waals surface area contributed by atoms with E-state index in [2.05, 4.69) is 0 Å². The number of nitrogens with zero attached hydrogens (tertiary/aromatic N) is 1. The molecule has 0 spiro atoms. The van der Waals surface area contributed by atoms with Gasteiger partial charge in [0.05, 0.1) is 25.8 Å². The molecule has 5 heteroatoms. The third-order valence-corrected chi connectivity index (χ3v) is 2.62. The molecule has 2 fully saturated rings. The Bertz CT molecular complexity index is 219. The number of ether oxygens (including phenoxy) is 1. The Kier molecular flexibility index (Phi) is 1.52. The van der Waals surface area contributed by atoms with E-state index < -0.39 is 11.7 Å². The van der Waals surface area contributed by atoms with Gasteiger partial charge in [-0.3, -0.25) is 4.90 Å². The number of hydrogen-bond donors (Lipinski definition) is 2. The van der Waals surface area contributed by atoms with Crippen molar-refractivity contribution in [1.82, 2.24) is 4.90 Å². The van der Waals surface area contributed by atoms with Crippen LogP contribution in [-0.2, 0) is 4.74 Å². The maximum atomic E-state index is 10.6. The van der Waals surface area contributed by atoms with Crippen LogP contribution in [0.4, 0.5) is 4.79 Å². The van der Waals surface area contributed by atoms with E-state index in [0.717, 1.165) is 0 Å². The van der Waals surface area contributed by atoms with Crippen molar-refractivity contribution < 1.29 is 19.7 Å². The fourth-order valence-corrected chi connectivity index (χ4v) is 1.95. The molecule has 2 aliphatic rings. The summed E-state index contributed by atoms with van der Waals surface area (Å²) >= 11 is 0. The van der Waals surface area contributed by atoms with Crippen LogP contribution in [0, 0.1) is 0 Å². The van der Waals surface area contributed by atoms with E-state index in [1.54, 1.807) is 0 Å². The molecule has 12 heavy (non-hydrogen) atoms. The lowest BCUT2D eigenvalue weighted by Gasteiger charge is -2.29. The number of hydrogen-bond acceptors (Lipinski definition) is 3. The van der Waals surface area contributed by atoms with E-state index in [4.69, 9.17) is 14.9 Å². The minimum absolute atomic E-state index is 0.0466. The second-order valence-electron chi connectivity index (χ2n) is 3.42. The molecule has 2 bridgehead atoms. The fraction of sp³-hybridized carbons (Fsp3) is 0.857. The summed E-state index contributed by atoms with van der Waals surface area (Å²) in [6.07, 6.45) is -0.283. The van der Waals surface area contributed by atoms with Crippen LogP contribution in [0.25, 0.3) is 0 Å². The van der Waals surface area contributed by atoms with E-state index in [0.29, 0.717) is 19.6 Å². The number of aliphatic hydroxyl groups is 1. The van der Waals surface area contributed by atoms with Crippen molar-refractivity contribution in [3.05, 3.63) is 0 Å². The van der Waals surface area contributed by atoms with E-state index in [1.165, 1.54) is 4.90 Å². The lowest BCUT2D eigenvalue weighted by atomic mass is 10.1. The molecule has 1 amide bonds. The van der Waals surface area contributed by atoms with Crippen LogP contribution >= 0.6 is 0 Å². The van der Waals surface area contributed by atoms with Gasteiger partial charge < -0.3 is 14.9 Å². The summed E-state index contributed by atoms with van der Waals surface area (Å²) in [5, 5.41) is 17.7. The zero-order valence-corrected chi connectivity index (χ0v) is 6.56. The average molecular weight is 173 g/mol. The van der Waals surface area contributed by atoms with Crippen LogP contribution in [-0.4, -0.2) is 52.6 Å². The van der Waals surface area contributed by atoms with Gasteiger partial charge in [0.2, 0.25) is 0 Å². The van der Waals surface area contributed by atoms with E-state index in [1.807, 2.05) is 0 Å². The molecule has 5 nitrogen and oxygen atoms in total. The molecular formula is C7H11NO4. The summed E-state index contributed by atoms with van der Waals surface area (Å²) < 4.78 is 5.31. The Morgan fingerprint density at radius 2 is 2.50 bits per heavy atom. The Morgan fingerprint density at radius 1 is 1.75 bits per heavy atom. The van der Waals surface area contributed by atoms with Crippen molar-refractivity contribution in [2.75, 3.05) is 19.8 Å². The molecular weight excluding hydrogens is 162 g/mol. The van der Waals surface area contributed by atoms with E-state index in [9.17, 15) is 4.79 Å². The summed E-state index contributed by atoms with van der Waals surface area (Å²) in [5.41, 5.74) is -0.594. The zero-order valence-electron chi connectivity index (χ0n) is 6.56. The third-order valence-electron chi connectivity index (χ3n) is 2.62. The second kappa shape index (κ2) is 2.34. The third kappa shape index (κ3) is 0.899. The number of fused-ring (bicyclic) bond motifs is 2.